The number of benzene rings is 1. The lowest BCUT2D eigenvalue weighted by molar-refractivity contribution is 0.587. The number of nitrogens with two attached hydrogens (primary N) is 1. The molecule has 1 aromatic rings. The van der Waals surface area contributed by atoms with Crippen LogP contribution in [-0.2, 0) is 20.0 Å². The average Bonchev–Trinajstić information content (AvgIpc) is 2.15. The topological polar surface area (TPSA) is 106 Å². The fourth-order valence-corrected chi connectivity index (χ4v) is 2.91. The summed E-state index contributed by atoms with van der Waals surface area (Å²) in [6, 6.07) is 3.17. The minimum Gasteiger partial charge on any atom is -0.225 e. The van der Waals surface area contributed by atoms with Crippen LogP contribution in [0.25, 0.3) is 0 Å². The van der Waals surface area contributed by atoms with Crippen LogP contribution < -0.4 is 9.86 Å². The number of halogens is 1. The van der Waals surface area contributed by atoms with E-state index in [9.17, 15) is 16.8 Å². The Kier molecular flexibility index (Phi) is 3.60. The van der Waals surface area contributed by atoms with E-state index in [0.29, 0.717) is 0 Å². The number of hydrogen-bond acceptors (Lipinski definition) is 4. The molecule has 0 aliphatic rings. The largest absolute Gasteiger partial charge is 0.240 e. The molecule has 0 heterocycles. The molecule has 0 radical (unpaired) electrons. The molecule has 90 valence electrons. The smallest absolute Gasteiger partial charge is 0.225 e. The van der Waals surface area contributed by atoms with Crippen LogP contribution in [-0.4, -0.2) is 23.9 Å². The van der Waals surface area contributed by atoms with Crippen molar-refractivity contribution in [3.8, 4) is 0 Å². The van der Waals surface area contributed by atoms with E-state index in [1.807, 2.05) is 0 Å². The number of sulfonamides is 2. The first-order chi connectivity index (χ1) is 7.18. The number of hydrogen-bond donors (Lipinski definition) is 2. The Labute approximate surface area is 98.5 Å². The molecule has 0 saturated carbocycles. The third-order valence-electron chi connectivity index (χ3n) is 1.79. The van der Waals surface area contributed by atoms with E-state index in [1.54, 1.807) is 0 Å². The molecule has 0 amide bonds. The van der Waals surface area contributed by atoms with Crippen molar-refractivity contribution in [1.82, 2.24) is 4.72 Å². The summed E-state index contributed by atoms with van der Waals surface area (Å²) in [6.45, 7) is 0. The Morgan fingerprint density at radius 1 is 1.25 bits per heavy atom. The molecule has 0 aromatic heterocycles. The molecule has 1 aromatic carbocycles. The van der Waals surface area contributed by atoms with Gasteiger partial charge in [-0.05, 0) is 25.2 Å². The molecule has 0 atom stereocenters. The summed E-state index contributed by atoms with van der Waals surface area (Å²) >= 11 is 5.63. The number of rotatable bonds is 3. The van der Waals surface area contributed by atoms with E-state index in [-0.39, 0.29) is 14.8 Å². The lowest BCUT2D eigenvalue weighted by Gasteiger charge is -2.05. The van der Waals surface area contributed by atoms with Crippen molar-refractivity contribution in [2.75, 3.05) is 7.05 Å². The van der Waals surface area contributed by atoms with Crippen LogP contribution in [0.3, 0.4) is 0 Å². The molecule has 0 fully saturated rings. The molecule has 0 bridgehead atoms. The highest BCUT2D eigenvalue weighted by Gasteiger charge is 2.17. The van der Waals surface area contributed by atoms with Gasteiger partial charge in [0.1, 0.15) is 4.90 Å². The Bertz CT molecular complexity index is 609. The Morgan fingerprint density at radius 3 is 2.19 bits per heavy atom. The van der Waals surface area contributed by atoms with Gasteiger partial charge in [-0.1, -0.05) is 11.6 Å². The van der Waals surface area contributed by atoms with E-state index < -0.39 is 20.0 Å². The van der Waals surface area contributed by atoms with Crippen LogP contribution in [0.5, 0.6) is 0 Å². The highest BCUT2D eigenvalue weighted by atomic mass is 35.5. The molecular formula is C7H9ClN2O4S2. The lowest BCUT2D eigenvalue weighted by Crippen LogP contribution is -2.19. The average molecular weight is 285 g/mol. The lowest BCUT2D eigenvalue weighted by atomic mass is 10.4. The van der Waals surface area contributed by atoms with Crippen LogP contribution in [0.15, 0.2) is 28.0 Å². The van der Waals surface area contributed by atoms with Crippen molar-refractivity contribution >= 4 is 31.6 Å². The molecule has 3 N–H and O–H groups in total. The SMILES string of the molecule is CNS(=O)(=O)c1ccc(S(N)(=O)=O)c(Cl)c1. The zero-order valence-corrected chi connectivity index (χ0v) is 10.5. The number of primary sulfonamides is 1. The predicted molar refractivity (Wildman–Crippen MR) is 59.1 cm³/mol. The first kappa shape index (κ1) is 13.4. The summed E-state index contributed by atoms with van der Waals surface area (Å²) in [6.07, 6.45) is 0. The molecule has 0 spiro atoms. The van der Waals surface area contributed by atoms with Gasteiger partial charge < -0.3 is 0 Å². The van der Waals surface area contributed by atoms with Crippen molar-refractivity contribution in [2.24, 2.45) is 5.14 Å². The van der Waals surface area contributed by atoms with Crippen LogP contribution in [0, 0.1) is 0 Å². The minimum absolute atomic E-state index is 0.132. The second-order valence-electron chi connectivity index (χ2n) is 2.84. The maximum absolute atomic E-state index is 11.4. The van der Waals surface area contributed by atoms with Crippen molar-refractivity contribution in [1.29, 1.82) is 0 Å². The maximum Gasteiger partial charge on any atom is 0.240 e. The molecular weight excluding hydrogens is 276 g/mol. The highest BCUT2D eigenvalue weighted by molar-refractivity contribution is 7.89. The van der Waals surface area contributed by atoms with Crippen molar-refractivity contribution in [3.05, 3.63) is 23.2 Å². The van der Waals surface area contributed by atoms with Crippen LogP contribution in [0.4, 0.5) is 0 Å². The summed E-state index contributed by atoms with van der Waals surface area (Å²) in [4.78, 5) is -0.448. The van der Waals surface area contributed by atoms with E-state index in [0.717, 1.165) is 18.2 Å². The van der Waals surface area contributed by atoms with Gasteiger partial charge in [0.05, 0.1) is 9.92 Å². The fourth-order valence-electron chi connectivity index (χ4n) is 0.997. The summed E-state index contributed by atoms with van der Waals surface area (Å²) < 4.78 is 46.8. The van der Waals surface area contributed by atoms with Gasteiger partial charge in [0, 0.05) is 0 Å². The van der Waals surface area contributed by atoms with E-state index in [4.69, 9.17) is 16.7 Å². The molecule has 1 rings (SSSR count). The minimum atomic E-state index is -3.95. The second-order valence-corrected chi connectivity index (χ2v) is 6.67. The third-order valence-corrected chi connectivity index (χ3v) is 4.59. The molecule has 0 aliphatic heterocycles. The first-order valence-corrected chi connectivity index (χ1v) is 7.35. The van der Waals surface area contributed by atoms with E-state index in [2.05, 4.69) is 4.72 Å². The maximum atomic E-state index is 11.4. The van der Waals surface area contributed by atoms with E-state index in [1.165, 1.54) is 7.05 Å². The second kappa shape index (κ2) is 4.30. The predicted octanol–water partition coefficient (Wildman–Crippen LogP) is -0.104. The van der Waals surface area contributed by atoms with Crippen molar-refractivity contribution in [3.63, 3.8) is 0 Å². The Morgan fingerprint density at radius 2 is 1.81 bits per heavy atom. The zero-order valence-electron chi connectivity index (χ0n) is 8.14. The summed E-state index contributed by atoms with van der Waals surface area (Å²) in [7, 11) is -6.37. The third kappa shape index (κ3) is 2.71. The standard InChI is InChI=1S/C7H9ClN2O4S2/c1-10-16(13,14)5-2-3-7(6(8)4-5)15(9,11)12/h2-4,10H,1H3,(H2,9,11,12). The van der Waals surface area contributed by atoms with Crippen LogP contribution in [0.2, 0.25) is 5.02 Å². The molecule has 6 nitrogen and oxygen atoms in total. The summed E-state index contributed by atoms with van der Waals surface area (Å²) in [5.41, 5.74) is 0. The van der Waals surface area contributed by atoms with Gasteiger partial charge in [-0.2, -0.15) is 0 Å². The van der Waals surface area contributed by atoms with Crippen molar-refractivity contribution in [2.45, 2.75) is 9.79 Å². The number of nitrogens with one attached hydrogen (secondary N) is 1. The summed E-state index contributed by atoms with van der Waals surface area (Å²) in [5, 5.41) is 4.63. The normalized spacial score (nSPS) is 12.7. The first-order valence-electron chi connectivity index (χ1n) is 3.94. The van der Waals surface area contributed by atoms with E-state index >= 15 is 0 Å². The Hall–Kier alpha value is -0.670. The van der Waals surface area contributed by atoms with Gasteiger partial charge in [0.2, 0.25) is 20.0 Å². The van der Waals surface area contributed by atoms with Crippen LogP contribution in [0.1, 0.15) is 0 Å². The molecule has 0 unspecified atom stereocenters. The fraction of sp³-hybridized carbons (Fsp3) is 0.143. The van der Waals surface area contributed by atoms with Gasteiger partial charge in [-0.15, -0.1) is 0 Å². The monoisotopic (exact) mass is 284 g/mol. The quantitative estimate of drug-likeness (QED) is 0.808. The Balaban J connectivity index is 3.42. The van der Waals surface area contributed by atoms with Gasteiger partial charge in [-0.3, -0.25) is 0 Å². The molecule has 0 saturated heterocycles. The molecule has 0 aliphatic carbocycles. The highest BCUT2D eigenvalue weighted by Crippen LogP contribution is 2.23. The molecule has 9 heteroatoms. The molecule has 16 heavy (non-hydrogen) atoms. The van der Waals surface area contributed by atoms with Gasteiger partial charge in [0.15, 0.2) is 0 Å². The van der Waals surface area contributed by atoms with Gasteiger partial charge in [0.25, 0.3) is 0 Å². The van der Waals surface area contributed by atoms with Crippen LogP contribution >= 0.6 is 11.6 Å². The zero-order chi connectivity index (χ0) is 12.6. The van der Waals surface area contributed by atoms with Gasteiger partial charge >= 0.3 is 0 Å². The summed E-state index contributed by atoms with van der Waals surface area (Å²) in [5.74, 6) is 0. The van der Waals surface area contributed by atoms with Gasteiger partial charge in [-0.25, -0.2) is 26.7 Å². The van der Waals surface area contributed by atoms with Crippen molar-refractivity contribution < 1.29 is 16.8 Å².